The van der Waals surface area contributed by atoms with Crippen molar-refractivity contribution in [1.82, 2.24) is 4.98 Å². The number of methoxy groups -OCH3 is 4. The van der Waals surface area contributed by atoms with Crippen LogP contribution in [0.5, 0.6) is 23.0 Å². The van der Waals surface area contributed by atoms with Crippen molar-refractivity contribution in [3.63, 3.8) is 0 Å². The van der Waals surface area contributed by atoms with Gasteiger partial charge in [0.15, 0.2) is 11.5 Å². The minimum absolute atomic E-state index is 0.0329. The Bertz CT molecular complexity index is 1060. The van der Waals surface area contributed by atoms with Crippen LogP contribution in [0, 0.1) is 0 Å². The summed E-state index contributed by atoms with van der Waals surface area (Å²) >= 11 is 0. The fourth-order valence-electron chi connectivity index (χ4n) is 2.84. The van der Waals surface area contributed by atoms with Gasteiger partial charge in [0.25, 0.3) is 5.91 Å². The summed E-state index contributed by atoms with van der Waals surface area (Å²) in [5, 5.41) is 3.05. The van der Waals surface area contributed by atoms with Gasteiger partial charge in [-0.15, -0.1) is 0 Å². The molecule has 3 rings (SSSR count). The highest BCUT2D eigenvalue weighted by molar-refractivity contribution is 6.06. The molecule has 3 aromatic rings. The number of benzene rings is 2. The number of fused-ring (bicyclic) bond motifs is 1. The second-order valence-electron chi connectivity index (χ2n) is 5.81. The first-order valence-corrected chi connectivity index (χ1v) is 8.33. The van der Waals surface area contributed by atoms with E-state index >= 15 is 0 Å². The molecule has 1 heterocycles. The third kappa shape index (κ3) is 3.44. The van der Waals surface area contributed by atoms with Crippen LogP contribution in [0.2, 0.25) is 0 Å². The maximum Gasteiger partial charge on any atom is 0.261 e. The maximum absolute atomic E-state index is 12.8. The number of hydrogen-bond acceptors (Lipinski definition) is 6. The Morgan fingerprint density at radius 2 is 1.61 bits per heavy atom. The summed E-state index contributed by atoms with van der Waals surface area (Å²) in [6, 6.07) is 8.20. The number of amides is 1. The van der Waals surface area contributed by atoms with Crippen LogP contribution in [0.25, 0.3) is 10.9 Å². The Morgan fingerprint density at radius 1 is 0.929 bits per heavy atom. The highest BCUT2D eigenvalue weighted by Crippen LogP contribution is 2.40. The van der Waals surface area contributed by atoms with Crippen LogP contribution in [0.1, 0.15) is 10.4 Å². The van der Waals surface area contributed by atoms with E-state index in [-0.39, 0.29) is 5.56 Å². The van der Waals surface area contributed by atoms with Crippen molar-refractivity contribution in [3.8, 4) is 23.0 Å². The number of aromatic nitrogens is 1. The lowest BCUT2D eigenvalue weighted by atomic mass is 10.1. The quantitative estimate of drug-likeness (QED) is 0.678. The Balaban J connectivity index is 1.99. The molecule has 0 saturated heterocycles. The molecule has 2 aromatic carbocycles. The van der Waals surface area contributed by atoms with Crippen molar-refractivity contribution >= 4 is 22.5 Å². The zero-order valence-electron chi connectivity index (χ0n) is 15.9. The van der Waals surface area contributed by atoms with Crippen molar-refractivity contribution in [2.45, 2.75) is 0 Å². The highest BCUT2D eigenvalue weighted by Gasteiger charge is 2.17. The van der Waals surface area contributed by atoms with Crippen LogP contribution >= 0.6 is 0 Å². The zero-order valence-corrected chi connectivity index (χ0v) is 15.9. The Morgan fingerprint density at radius 3 is 2.18 bits per heavy atom. The van der Waals surface area contributed by atoms with Crippen LogP contribution in [0.15, 0.2) is 41.3 Å². The van der Waals surface area contributed by atoms with Crippen molar-refractivity contribution in [2.75, 3.05) is 33.8 Å². The Hall–Kier alpha value is -3.68. The lowest BCUT2D eigenvalue weighted by molar-refractivity contribution is 0.102. The average Bonchev–Trinajstić information content (AvgIpc) is 2.72. The minimum atomic E-state index is -0.569. The molecule has 0 spiro atoms. The van der Waals surface area contributed by atoms with E-state index in [1.165, 1.54) is 34.6 Å². The standard InChI is InChI=1S/C20H20N2O6/c1-25-12-5-6-15-13(9-12)18(23)14(10-21-15)20(24)22-11-7-16(26-2)19(28-4)17(8-11)27-3/h5-10H,1-4H3,(H,21,23)(H,22,24). The number of carbonyl (C=O) groups excluding carboxylic acids is 1. The van der Waals surface area contributed by atoms with Crippen molar-refractivity contribution in [1.29, 1.82) is 0 Å². The molecule has 2 N–H and O–H groups in total. The lowest BCUT2D eigenvalue weighted by Gasteiger charge is -2.14. The van der Waals surface area contributed by atoms with E-state index in [9.17, 15) is 9.59 Å². The molecule has 0 saturated carbocycles. The number of anilines is 1. The van der Waals surface area contributed by atoms with E-state index in [2.05, 4.69) is 10.3 Å². The summed E-state index contributed by atoms with van der Waals surface area (Å²) < 4.78 is 21.0. The Kier molecular flexibility index (Phi) is 5.39. The van der Waals surface area contributed by atoms with Crippen LogP contribution in [0.3, 0.4) is 0 Å². The maximum atomic E-state index is 12.8. The number of rotatable bonds is 6. The predicted octanol–water partition coefficient (Wildman–Crippen LogP) is 2.81. The van der Waals surface area contributed by atoms with Crippen LogP contribution in [-0.4, -0.2) is 39.3 Å². The normalized spacial score (nSPS) is 10.4. The summed E-state index contributed by atoms with van der Waals surface area (Å²) in [5.74, 6) is 1.13. The van der Waals surface area contributed by atoms with E-state index in [0.717, 1.165) is 0 Å². The topological polar surface area (TPSA) is 98.9 Å². The molecule has 0 bridgehead atoms. The number of H-pyrrole nitrogens is 1. The first kappa shape index (κ1) is 19.1. The van der Waals surface area contributed by atoms with Gasteiger partial charge in [-0.3, -0.25) is 9.59 Å². The summed E-state index contributed by atoms with van der Waals surface area (Å²) in [5.41, 5.74) is 0.562. The molecule has 28 heavy (non-hydrogen) atoms. The number of hydrogen-bond donors (Lipinski definition) is 2. The largest absolute Gasteiger partial charge is 0.497 e. The molecule has 146 valence electrons. The monoisotopic (exact) mass is 384 g/mol. The summed E-state index contributed by atoms with van der Waals surface area (Å²) in [6.07, 6.45) is 1.38. The van der Waals surface area contributed by atoms with E-state index in [1.54, 1.807) is 30.3 Å². The SMILES string of the molecule is COc1ccc2[nH]cc(C(=O)Nc3cc(OC)c(OC)c(OC)c3)c(=O)c2c1. The molecule has 8 heteroatoms. The fraction of sp³-hybridized carbons (Fsp3) is 0.200. The van der Waals surface area contributed by atoms with Crippen LogP contribution in [-0.2, 0) is 0 Å². The van der Waals surface area contributed by atoms with Gasteiger partial charge >= 0.3 is 0 Å². The number of pyridine rings is 1. The van der Waals surface area contributed by atoms with Crippen molar-refractivity contribution in [2.24, 2.45) is 0 Å². The molecule has 0 aliphatic rings. The number of carbonyl (C=O) groups is 1. The third-order valence-corrected chi connectivity index (χ3v) is 4.26. The van der Waals surface area contributed by atoms with Gasteiger partial charge in [-0.25, -0.2) is 0 Å². The molecule has 1 aromatic heterocycles. The third-order valence-electron chi connectivity index (χ3n) is 4.26. The van der Waals surface area contributed by atoms with Gasteiger partial charge in [-0.05, 0) is 18.2 Å². The summed E-state index contributed by atoms with van der Waals surface area (Å²) in [4.78, 5) is 28.4. The number of nitrogens with one attached hydrogen (secondary N) is 2. The highest BCUT2D eigenvalue weighted by atomic mass is 16.5. The number of ether oxygens (including phenoxy) is 4. The fourth-order valence-corrected chi connectivity index (χ4v) is 2.84. The molecule has 8 nitrogen and oxygen atoms in total. The lowest BCUT2D eigenvalue weighted by Crippen LogP contribution is -2.22. The minimum Gasteiger partial charge on any atom is -0.497 e. The van der Waals surface area contributed by atoms with Crippen LogP contribution < -0.4 is 29.7 Å². The smallest absolute Gasteiger partial charge is 0.261 e. The van der Waals surface area contributed by atoms with E-state index in [4.69, 9.17) is 18.9 Å². The summed E-state index contributed by atoms with van der Waals surface area (Å²) in [6.45, 7) is 0. The van der Waals surface area contributed by atoms with E-state index in [1.807, 2.05) is 0 Å². The molecule has 0 unspecified atom stereocenters. The van der Waals surface area contributed by atoms with Gasteiger partial charge in [-0.2, -0.15) is 0 Å². The van der Waals surface area contributed by atoms with Gasteiger partial charge in [0.2, 0.25) is 11.2 Å². The molecule has 0 radical (unpaired) electrons. The molecule has 0 aliphatic heterocycles. The van der Waals surface area contributed by atoms with Crippen LogP contribution in [0.4, 0.5) is 5.69 Å². The Labute approximate surface area is 161 Å². The molecule has 0 atom stereocenters. The average molecular weight is 384 g/mol. The zero-order chi connectivity index (χ0) is 20.3. The van der Waals surface area contributed by atoms with Gasteiger partial charge in [0.1, 0.15) is 11.3 Å². The van der Waals surface area contributed by atoms with Gasteiger partial charge in [0, 0.05) is 34.9 Å². The molecular weight excluding hydrogens is 364 g/mol. The van der Waals surface area contributed by atoms with Crippen molar-refractivity contribution < 1.29 is 23.7 Å². The first-order chi connectivity index (χ1) is 13.5. The molecular formula is C20H20N2O6. The second kappa shape index (κ2) is 7.91. The predicted molar refractivity (Wildman–Crippen MR) is 105 cm³/mol. The van der Waals surface area contributed by atoms with E-state index in [0.29, 0.717) is 39.6 Å². The molecule has 0 aliphatic carbocycles. The van der Waals surface area contributed by atoms with Gasteiger partial charge in [-0.1, -0.05) is 0 Å². The summed E-state index contributed by atoms with van der Waals surface area (Å²) in [7, 11) is 5.95. The number of aromatic amines is 1. The van der Waals surface area contributed by atoms with E-state index < -0.39 is 11.3 Å². The molecule has 1 amide bonds. The van der Waals surface area contributed by atoms with Gasteiger partial charge < -0.3 is 29.2 Å². The second-order valence-corrected chi connectivity index (χ2v) is 5.81. The first-order valence-electron chi connectivity index (χ1n) is 8.33. The van der Waals surface area contributed by atoms with Crippen molar-refractivity contribution in [3.05, 3.63) is 52.3 Å². The molecule has 0 fully saturated rings. The van der Waals surface area contributed by atoms with Gasteiger partial charge in [0.05, 0.1) is 28.4 Å².